The number of nitrogens with zero attached hydrogens (tertiary/aromatic N) is 1. The maximum absolute atomic E-state index is 6.29. The summed E-state index contributed by atoms with van der Waals surface area (Å²) >= 11 is 0. The lowest BCUT2D eigenvalue weighted by Gasteiger charge is -2.38. The monoisotopic (exact) mass is 305 g/mol. The topological polar surface area (TPSA) is 26.0 Å². The van der Waals surface area contributed by atoms with E-state index in [1.807, 2.05) is 0 Å². The van der Waals surface area contributed by atoms with Gasteiger partial charge in [-0.3, -0.25) is 10.2 Å². The van der Waals surface area contributed by atoms with Gasteiger partial charge in [-0.05, 0) is 56.2 Å². The molecule has 0 radical (unpaired) electrons. The molecule has 1 rings (SSSR count). The second kappa shape index (κ2) is 8.69. The highest BCUT2D eigenvalue weighted by atomic mass is 15.4. The van der Waals surface area contributed by atoms with E-state index in [2.05, 4.69) is 47.6 Å². The van der Waals surface area contributed by atoms with E-state index >= 15 is 0 Å². The number of rotatable bonds is 9. The van der Waals surface area contributed by atoms with Crippen molar-refractivity contribution in [3.63, 3.8) is 0 Å². The quantitative estimate of drug-likeness (QED) is 0.518. The minimum Gasteiger partial charge on any atom is -0.284 e. The van der Waals surface area contributed by atoms with Gasteiger partial charge >= 0.3 is 0 Å². The van der Waals surface area contributed by atoms with Crippen molar-refractivity contribution in [3.8, 4) is 0 Å². The number of hydrogen-bond acceptors (Lipinski definition) is 1. The van der Waals surface area contributed by atoms with Gasteiger partial charge in [0.25, 0.3) is 0 Å². The molecular formula is C20H37N2+. The molecule has 0 bridgehead atoms. The Bertz CT molecular complexity index is 473. The second-order valence-corrected chi connectivity index (χ2v) is 6.42. The van der Waals surface area contributed by atoms with E-state index < -0.39 is 0 Å². The van der Waals surface area contributed by atoms with Crippen LogP contribution >= 0.6 is 0 Å². The second-order valence-electron chi connectivity index (χ2n) is 6.42. The van der Waals surface area contributed by atoms with Crippen molar-refractivity contribution in [3.05, 3.63) is 28.3 Å². The molecule has 0 aliphatic rings. The van der Waals surface area contributed by atoms with Gasteiger partial charge in [0, 0.05) is 11.6 Å². The van der Waals surface area contributed by atoms with Gasteiger partial charge in [0.05, 0.1) is 13.1 Å². The summed E-state index contributed by atoms with van der Waals surface area (Å²) in [6.45, 7) is 16.7. The van der Waals surface area contributed by atoms with Gasteiger partial charge < -0.3 is 0 Å². The third-order valence-electron chi connectivity index (χ3n) is 5.39. The molecule has 0 saturated heterocycles. The van der Waals surface area contributed by atoms with Crippen LogP contribution in [0.5, 0.6) is 0 Å². The Hall–Kier alpha value is -0.860. The van der Waals surface area contributed by atoms with E-state index in [0.29, 0.717) is 6.67 Å². The molecule has 1 aromatic rings. The van der Waals surface area contributed by atoms with Crippen molar-refractivity contribution >= 4 is 5.69 Å². The fourth-order valence-corrected chi connectivity index (χ4v) is 3.89. The number of benzene rings is 1. The van der Waals surface area contributed by atoms with Gasteiger partial charge in [0.15, 0.2) is 0 Å². The number of unbranched alkanes of at least 4 members (excludes halogenated alkanes) is 1. The average Bonchev–Trinajstić information content (AvgIpc) is 2.56. The summed E-state index contributed by atoms with van der Waals surface area (Å²) in [5.41, 5.74) is 13.9. The fraction of sp³-hybridized carbons (Fsp3) is 0.700. The Morgan fingerprint density at radius 1 is 0.955 bits per heavy atom. The van der Waals surface area contributed by atoms with Crippen molar-refractivity contribution in [1.29, 1.82) is 0 Å². The van der Waals surface area contributed by atoms with Gasteiger partial charge in [-0.25, -0.2) is 0 Å². The summed E-state index contributed by atoms with van der Waals surface area (Å²) in [5.74, 6) is 0. The number of nitrogens with two attached hydrogens (primary N) is 1. The lowest BCUT2D eigenvalue weighted by atomic mass is 9.89. The molecule has 0 saturated carbocycles. The molecule has 1 atom stereocenters. The highest BCUT2D eigenvalue weighted by Gasteiger charge is 2.30. The summed E-state index contributed by atoms with van der Waals surface area (Å²) in [6, 6.07) is 2.47. The SMILES string of the molecule is CCCC[N+](CC)(CN)c1cc(CC)c(CC)c(CC)c1C. The normalized spacial score (nSPS) is 14.1. The van der Waals surface area contributed by atoms with Crippen LogP contribution in [0, 0.1) is 6.92 Å². The molecule has 2 heteroatoms. The van der Waals surface area contributed by atoms with Gasteiger partial charge in [-0.1, -0.05) is 34.1 Å². The Morgan fingerprint density at radius 3 is 2.00 bits per heavy atom. The van der Waals surface area contributed by atoms with Crippen LogP contribution in [-0.2, 0) is 19.3 Å². The Kier molecular flexibility index (Phi) is 7.58. The van der Waals surface area contributed by atoms with Gasteiger partial charge in [-0.15, -0.1) is 0 Å². The van der Waals surface area contributed by atoms with Crippen LogP contribution in [0.15, 0.2) is 6.07 Å². The third kappa shape index (κ3) is 3.55. The lowest BCUT2D eigenvalue weighted by molar-refractivity contribution is 0.287. The largest absolute Gasteiger partial charge is 0.284 e. The molecule has 0 fully saturated rings. The Labute approximate surface area is 138 Å². The first kappa shape index (κ1) is 19.2. The molecule has 126 valence electrons. The molecule has 2 nitrogen and oxygen atoms in total. The standard InChI is InChI=1S/C20H37N2/c1-7-12-13-22(11-5,15-21)20-14-17(8-2)19(10-4)18(9-3)16(20)6/h14H,7-13,15,21H2,1-6H3/q+1. The first-order valence-electron chi connectivity index (χ1n) is 9.25. The summed E-state index contributed by atoms with van der Waals surface area (Å²) in [5, 5.41) is 0. The Morgan fingerprint density at radius 2 is 1.59 bits per heavy atom. The van der Waals surface area contributed by atoms with E-state index in [1.165, 1.54) is 29.7 Å². The summed E-state index contributed by atoms with van der Waals surface area (Å²) in [7, 11) is 0. The van der Waals surface area contributed by atoms with E-state index in [-0.39, 0.29) is 0 Å². The molecule has 2 N–H and O–H groups in total. The van der Waals surface area contributed by atoms with Crippen LogP contribution in [0.1, 0.15) is 69.7 Å². The summed E-state index contributed by atoms with van der Waals surface area (Å²) < 4.78 is 0.934. The predicted molar refractivity (Wildman–Crippen MR) is 100 cm³/mol. The molecule has 22 heavy (non-hydrogen) atoms. The smallest absolute Gasteiger partial charge is 0.137 e. The molecule has 0 amide bonds. The maximum Gasteiger partial charge on any atom is 0.137 e. The molecule has 0 spiro atoms. The van der Waals surface area contributed by atoms with Crippen LogP contribution in [0.4, 0.5) is 5.69 Å². The molecule has 1 aromatic carbocycles. The zero-order valence-electron chi connectivity index (χ0n) is 15.8. The fourth-order valence-electron chi connectivity index (χ4n) is 3.89. The van der Waals surface area contributed by atoms with Gasteiger partial charge in [0.2, 0.25) is 0 Å². The highest BCUT2D eigenvalue weighted by molar-refractivity contribution is 5.59. The predicted octanol–water partition coefficient (Wildman–Crippen LogP) is 4.73. The van der Waals surface area contributed by atoms with Crippen molar-refractivity contribution in [2.24, 2.45) is 5.73 Å². The molecule has 0 heterocycles. The molecule has 1 unspecified atom stereocenters. The lowest BCUT2D eigenvalue weighted by Crippen LogP contribution is -2.54. The Balaban J connectivity index is 3.55. The van der Waals surface area contributed by atoms with Crippen LogP contribution in [0.2, 0.25) is 0 Å². The van der Waals surface area contributed by atoms with Gasteiger partial charge in [0.1, 0.15) is 12.4 Å². The third-order valence-corrected chi connectivity index (χ3v) is 5.39. The molecular weight excluding hydrogens is 268 g/mol. The van der Waals surface area contributed by atoms with E-state index in [9.17, 15) is 0 Å². The van der Waals surface area contributed by atoms with E-state index in [1.54, 1.807) is 11.1 Å². The van der Waals surface area contributed by atoms with Crippen LogP contribution in [0.3, 0.4) is 0 Å². The zero-order valence-corrected chi connectivity index (χ0v) is 15.8. The molecule has 0 aromatic heterocycles. The maximum atomic E-state index is 6.29. The van der Waals surface area contributed by atoms with Crippen molar-refractivity contribution in [2.45, 2.75) is 73.6 Å². The van der Waals surface area contributed by atoms with Crippen LogP contribution < -0.4 is 10.2 Å². The number of hydrogen-bond donors (Lipinski definition) is 1. The first-order chi connectivity index (χ1) is 10.5. The van der Waals surface area contributed by atoms with Gasteiger partial charge in [-0.2, -0.15) is 0 Å². The summed E-state index contributed by atoms with van der Waals surface area (Å²) in [6.07, 6.45) is 5.84. The van der Waals surface area contributed by atoms with E-state index in [4.69, 9.17) is 5.73 Å². The van der Waals surface area contributed by atoms with Crippen molar-refractivity contribution in [1.82, 2.24) is 4.48 Å². The van der Waals surface area contributed by atoms with Crippen molar-refractivity contribution < 1.29 is 0 Å². The summed E-state index contributed by atoms with van der Waals surface area (Å²) in [4.78, 5) is 0. The van der Waals surface area contributed by atoms with Crippen LogP contribution in [0.25, 0.3) is 0 Å². The highest BCUT2D eigenvalue weighted by Crippen LogP contribution is 2.34. The van der Waals surface area contributed by atoms with Crippen molar-refractivity contribution in [2.75, 3.05) is 19.8 Å². The first-order valence-corrected chi connectivity index (χ1v) is 9.25. The average molecular weight is 306 g/mol. The number of aryl methyl sites for hydroxylation is 1. The molecule has 0 aliphatic carbocycles. The number of quaternary nitrogens is 1. The zero-order chi connectivity index (χ0) is 16.8. The minimum absolute atomic E-state index is 0.703. The molecule has 0 aliphatic heterocycles. The van der Waals surface area contributed by atoms with E-state index in [0.717, 1.165) is 36.8 Å². The van der Waals surface area contributed by atoms with Crippen LogP contribution in [-0.4, -0.2) is 19.8 Å². The minimum atomic E-state index is 0.703.